The lowest BCUT2D eigenvalue weighted by molar-refractivity contribution is -0.133. The van der Waals surface area contributed by atoms with Crippen molar-refractivity contribution in [1.82, 2.24) is 5.32 Å². The maximum absolute atomic E-state index is 14.5. The lowest BCUT2D eigenvalue weighted by Gasteiger charge is -2.36. The zero-order valence-corrected chi connectivity index (χ0v) is 24.5. The van der Waals surface area contributed by atoms with Crippen LogP contribution in [0.1, 0.15) is 32.8 Å². The molecule has 0 radical (unpaired) electrons. The van der Waals surface area contributed by atoms with Crippen LogP contribution in [-0.2, 0) is 20.9 Å². The Morgan fingerprint density at radius 1 is 1.15 bits per heavy atom. The van der Waals surface area contributed by atoms with Gasteiger partial charge in [-0.3, -0.25) is 14.4 Å². The number of fused-ring (bicyclic) bond motifs is 2. The first kappa shape index (κ1) is 28.6. The van der Waals surface area contributed by atoms with Crippen LogP contribution < -0.4 is 25.6 Å². The number of halogens is 1. The lowest BCUT2D eigenvalue weighted by atomic mass is 9.83. The van der Waals surface area contributed by atoms with Crippen molar-refractivity contribution in [1.29, 1.82) is 0 Å². The quantitative estimate of drug-likeness (QED) is 0.396. The average Bonchev–Trinajstić information content (AvgIpc) is 3.02. The van der Waals surface area contributed by atoms with Crippen LogP contribution in [0, 0.1) is 11.8 Å². The number of ether oxygens (including phenoxy) is 1. The standard InChI is InChI=1S/C30H35BrN4O4/c1-18(2)14-27(36)34-17-23(30(3,33-4)29(32)38)28(37)35(25-9-7-6-8-24(25)34)16-22-21-12-11-20(31)15-19(21)10-13-26(22)39-5/h6-13,15,18,23,33H,14,16-17H2,1-5H3,(H2,32,38)/t23-,30?/m1/s1. The van der Waals surface area contributed by atoms with Crippen LogP contribution in [-0.4, -0.2) is 44.0 Å². The molecule has 4 rings (SSSR count). The van der Waals surface area contributed by atoms with E-state index in [-0.39, 0.29) is 30.8 Å². The van der Waals surface area contributed by atoms with Crippen molar-refractivity contribution in [3.63, 3.8) is 0 Å². The number of nitrogens with two attached hydrogens (primary N) is 1. The zero-order chi connectivity index (χ0) is 28.5. The lowest BCUT2D eigenvalue weighted by Crippen LogP contribution is -2.63. The summed E-state index contributed by atoms with van der Waals surface area (Å²) >= 11 is 3.54. The number of carbonyl (C=O) groups excluding carboxylic acids is 3. The van der Waals surface area contributed by atoms with Crippen LogP contribution in [0.3, 0.4) is 0 Å². The van der Waals surface area contributed by atoms with Gasteiger partial charge in [0.15, 0.2) is 0 Å². The summed E-state index contributed by atoms with van der Waals surface area (Å²) < 4.78 is 6.67. The third-order valence-corrected chi connectivity index (χ3v) is 8.08. The molecule has 39 heavy (non-hydrogen) atoms. The Balaban J connectivity index is 1.95. The van der Waals surface area contributed by atoms with Crippen LogP contribution in [0.2, 0.25) is 0 Å². The maximum atomic E-state index is 14.5. The zero-order valence-electron chi connectivity index (χ0n) is 23.0. The van der Waals surface area contributed by atoms with Gasteiger partial charge in [-0.25, -0.2) is 0 Å². The molecule has 1 unspecified atom stereocenters. The number of nitrogens with zero attached hydrogens (tertiary/aromatic N) is 2. The molecule has 0 aromatic heterocycles. The third kappa shape index (κ3) is 5.38. The van der Waals surface area contributed by atoms with Crippen LogP contribution in [0.25, 0.3) is 10.8 Å². The molecule has 0 fully saturated rings. The molecule has 0 saturated heterocycles. The van der Waals surface area contributed by atoms with E-state index in [4.69, 9.17) is 10.5 Å². The number of benzene rings is 3. The number of nitrogens with one attached hydrogen (secondary N) is 1. The van der Waals surface area contributed by atoms with Crippen molar-refractivity contribution >= 4 is 55.8 Å². The number of methoxy groups -OCH3 is 1. The van der Waals surface area contributed by atoms with Crippen LogP contribution in [0.15, 0.2) is 59.1 Å². The van der Waals surface area contributed by atoms with Gasteiger partial charge in [-0.2, -0.15) is 0 Å². The molecule has 0 spiro atoms. The smallest absolute Gasteiger partial charge is 0.238 e. The highest BCUT2D eigenvalue weighted by Crippen LogP contribution is 2.40. The number of hydrogen-bond donors (Lipinski definition) is 2. The van der Waals surface area contributed by atoms with Gasteiger partial charge in [-0.1, -0.05) is 54.0 Å². The first-order chi connectivity index (χ1) is 18.5. The fourth-order valence-corrected chi connectivity index (χ4v) is 5.58. The first-order valence-corrected chi connectivity index (χ1v) is 13.8. The minimum atomic E-state index is -1.40. The number of rotatable bonds is 8. The molecule has 3 aromatic carbocycles. The SMILES string of the molecule is CNC(C)(C(N)=O)[C@@H]1CN(C(=O)CC(C)C)c2ccccc2N(Cc2c(OC)ccc3cc(Br)ccc23)C1=O. The predicted octanol–water partition coefficient (Wildman–Crippen LogP) is 4.62. The number of para-hydroxylation sites is 2. The number of primary amides is 1. The van der Waals surface area contributed by atoms with Gasteiger partial charge in [0.1, 0.15) is 11.3 Å². The first-order valence-electron chi connectivity index (χ1n) is 13.0. The number of anilines is 2. The highest BCUT2D eigenvalue weighted by atomic mass is 79.9. The molecule has 0 bridgehead atoms. The van der Waals surface area contributed by atoms with Gasteiger partial charge < -0.3 is 25.6 Å². The van der Waals surface area contributed by atoms with Crippen molar-refractivity contribution in [2.75, 3.05) is 30.5 Å². The number of carbonyl (C=O) groups is 3. The van der Waals surface area contributed by atoms with Crippen LogP contribution in [0.4, 0.5) is 11.4 Å². The van der Waals surface area contributed by atoms with Gasteiger partial charge in [0.05, 0.1) is 30.9 Å². The Morgan fingerprint density at radius 3 is 2.46 bits per heavy atom. The van der Waals surface area contributed by atoms with Gasteiger partial charge in [-0.05, 0) is 61.0 Å². The molecule has 9 heteroatoms. The molecule has 3 N–H and O–H groups in total. The Bertz CT molecular complexity index is 1430. The van der Waals surface area contributed by atoms with Crippen molar-refractivity contribution in [2.45, 2.75) is 39.3 Å². The van der Waals surface area contributed by atoms with Gasteiger partial charge in [0, 0.05) is 23.0 Å². The molecule has 1 aliphatic heterocycles. The summed E-state index contributed by atoms with van der Waals surface area (Å²) in [6.45, 7) is 5.75. The van der Waals surface area contributed by atoms with Crippen LogP contribution >= 0.6 is 15.9 Å². The normalized spacial score (nSPS) is 17.1. The molecule has 2 atom stereocenters. The molecule has 1 heterocycles. The van der Waals surface area contributed by atoms with Crippen molar-refractivity contribution < 1.29 is 19.1 Å². The molecule has 0 saturated carbocycles. The molecule has 8 nitrogen and oxygen atoms in total. The van der Waals surface area contributed by atoms with E-state index in [2.05, 4.69) is 21.2 Å². The molecular weight excluding hydrogens is 560 g/mol. The van der Waals surface area contributed by atoms with E-state index >= 15 is 0 Å². The minimum Gasteiger partial charge on any atom is -0.496 e. The number of amides is 3. The van der Waals surface area contributed by atoms with E-state index in [1.54, 1.807) is 30.9 Å². The van der Waals surface area contributed by atoms with Gasteiger partial charge in [0.2, 0.25) is 17.7 Å². The number of hydrogen-bond acceptors (Lipinski definition) is 5. The summed E-state index contributed by atoms with van der Waals surface area (Å²) in [4.78, 5) is 44.1. The van der Waals surface area contributed by atoms with E-state index in [1.807, 2.05) is 68.4 Å². The molecule has 0 aliphatic carbocycles. The van der Waals surface area contributed by atoms with Crippen molar-refractivity contribution in [3.8, 4) is 5.75 Å². The Morgan fingerprint density at radius 2 is 1.85 bits per heavy atom. The van der Waals surface area contributed by atoms with Crippen molar-refractivity contribution in [3.05, 3.63) is 64.6 Å². The summed E-state index contributed by atoms with van der Waals surface area (Å²) in [7, 11) is 3.20. The monoisotopic (exact) mass is 594 g/mol. The van der Waals surface area contributed by atoms with Gasteiger partial charge in [-0.15, -0.1) is 0 Å². The summed E-state index contributed by atoms with van der Waals surface area (Å²) in [5, 5.41) is 4.90. The summed E-state index contributed by atoms with van der Waals surface area (Å²) in [5.74, 6) is -1.29. The molecular formula is C30H35BrN4O4. The molecule has 3 amide bonds. The van der Waals surface area contributed by atoms with Gasteiger partial charge in [0.25, 0.3) is 0 Å². The largest absolute Gasteiger partial charge is 0.496 e. The van der Waals surface area contributed by atoms with Gasteiger partial charge >= 0.3 is 0 Å². The second-order valence-electron chi connectivity index (χ2n) is 10.5. The summed E-state index contributed by atoms with van der Waals surface area (Å²) in [6, 6.07) is 17.2. The minimum absolute atomic E-state index is 0.0117. The Labute approximate surface area is 237 Å². The van der Waals surface area contributed by atoms with E-state index in [9.17, 15) is 14.4 Å². The van der Waals surface area contributed by atoms with Crippen LogP contribution in [0.5, 0.6) is 5.75 Å². The van der Waals surface area contributed by atoms with E-state index in [1.165, 1.54) is 0 Å². The Hall–Kier alpha value is -3.43. The molecule has 206 valence electrons. The van der Waals surface area contributed by atoms with Crippen molar-refractivity contribution in [2.24, 2.45) is 17.6 Å². The number of likely N-dealkylation sites (N-methyl/N-ethyl adjacent to an activating group) is 1. The fourth-order valence-electron chi connectivity index (χ4n) is 5.20. The summed E-state index contributed by atoms with van der Waals surface area (Å²) in [5.41, 5.74) is 6.48. The average molecular weight is 596 g/mol. The maximum Gasteiger partial charge on any atom is 0.238 e. The summed E-state index contributed by atoms with van der Waals surface area (Å²) in [6.07, 6.45) is 0.300. The third-order valence-electron chi connectivity index (χ3n) is 7.59. The predicted molar refractivity (Wildman–Crippen MR) is 158 cm³/mol. The van der Waals surface area contributed by atoms with E-state index in [0.29, 0.717) is 23.5 Å². The van der Waals surface area contributed by atoms with E-state index in [0.717, 1.165) is 20.8 Å². The highest BCUT2D eigenvalue weighted by Gasteiger charge is 2.48. The second kappa shape index (κ2) is 11.4. The molecule has 1 aliphatic rings. The molecule has 3 aromatic rings. The second-order valence-corrected chi connectivity index (χ2v) is 11.4. The van der Waals surface area contributed by atoms with E-state index < -0.39 is 17.4 Å². The topological polar surface area (TPSA) is 105 Å². The fraction of sp³-hybridized carbons (Fsp3) is 0.367. The highest BCUT2D eigenvalue weighted by molar-refractivity contribution is 9.10. The Kier molecular flexibility index (Phi) is 8.32.